The Hall–Kier alpha value is -2.13. The summed E-state index contributed by atoms with van der Waals surface area (Å²) in [6.45, 7) is 2.12. The van der Waals surface area contributed by atoms with Crippen molar-refractivity contribution in [1.29, 1.82) is 0 Å². The fourth-order valence-corrected chi connectivity index (χ4v) is 2.35. The van der Waals surface area contributed by atoms with Crippen molar-refractivity contribution < 1.29 is 9.90 Å². The van der Waals surface area contributed by atoms with Gasteiger partial charge >= 0.3 is 5.97 Å². The van der Waals surface area contributed by atoms with Gasteiger partial charge in [0.15, 0.2) is 0 Å². The standard InChI is InChI=1S/C17H19NO2/c1-2-12-6-3-4-9-15(12)13-7-5-8-14(10-13)16(18)11-17(19)20/h3-10,16H,2,11,18H2,1H3,(H,19,20)/t16-/m0/s1. The molecule has 0 aliphatic carbocycles. The van der Waals surface area contributed by atoms with Crippen LogP contribution >= 0.6 is 0 Å². The molecule has 3 N–H and O–H groups in total. The van der Waals surface area contributed by atoms with Crippen LogP contribution in [0.1, 0.15) is 30.5 Å². The Kier molecular flexibility index (Phi) is 4.53. The van der Waals surface area contributed by atoms with Crippen LogP contribution in [0.25, 0.3) is 11.1 Å². The molecule has 0 heterocycles. The third-order valence-corrected chi connectivity index (χ3v) is 3.42. The molecular formula is C17H19NO2. The summed E-state index contributed by atoms with van der Waals surface area (Å²) >= 11 is 0. The second-order valence-corrected chi connectivity index (χ2v) is 4.84. The number of carboxylic acids is 1. The molecule has 0 aliphatic heterocycles. The maximum atomic E-state index is 10.8. The van der Waals surface area contributed by atoms with Gasteiger partial charge in [-0.25, -0.2) is 0 Å². The molecule has 3 nitrogen and oxygen atoms in total. The lowest BCUT2D eigenvalue weighted by atomic mass is 9.94. The molecule has 2 aromatic rings. The number of nitrogens with two attached hydrogens (primary N) is 1. The van der Waals surface area contributed by atoms with Crippen LogP contribution in [0.2, 0.25) is 0 Å². The number of aliphatic carboxylic acids is 1. The Morgan fingerprint density at radius 3 is 2.65 bits per heavy atom. The lowest BCUT2D eigenvalue weighted by molar-refractivity contribution is -0.137. The van der Waals surface area contributed by atoms with E-state index in [0.29, 0.717) is 0 Å². The minimum atomic E-state index is -0.878. The molecule has 104 valence electrons. The van der Waals surface area contributed by atoms with Gasteiger partial charge in [0.2, 0.25) is 0 Å². The van der Waals surface area contributed by atoms with Crippen molar-refractivity contribution in [3.63, 3.8) is 0 Å². The monoisotopic (exact) mass is 269 g/mol. The van der Waals surface area contributed by atoms with Crippen LogP contribution in [0, 0.1) is 0 Å². The van der Waals surface area contributed by atoms with E-state index in [9.17, 15) is 4.79 Å². The average Bonchev–Trinajstić information content (AvgIpc) is 2.46. The smallest absolute Gasteiger partial charge is 0.305 e. The van der Waals surface area contributed by atoms with Gasteiger partial charge in [-0.05, 0) is 34.7 Å². The zero-order chi connectivity index (χ0) is 14.5. The van der Waals surface area contributed by atoms with Crippen molar-refractivity contribution in [1.82, 2.24) is 0 Å². The maximum Gasteiger partial charge on any atom is 0.305 e. The first-order chi connectivity index (χ1) is 9.61. The van der Waals surface area contributed by atoms with E-state index in [1.165, 1.54) is 11.1 Å². The molecule has 2 aromatic carbocycles. The molecule has 0 unspecified atom stereocenters. The first-order valence-corrected chi connectivity index (χ1v) is 6.77. The fourth-order valence-electron chi connectivity index (χ4n) is 2.35. The summed E-state index contributed by atoms with van der Waals surface area (Å²) in [4.78, 5) is 10.8. The summed E-state index contributed by atoms with van der Waals surface area (Å²) in [5, 5.41) is 8.83. The molecule has 0 aromatic heterocycles. The van der Waals surface area contributed by atoms with E-state index < -0.39 is 12.0 Å². The summed E-state index contributed by atoms with van der Waals surface area (Å²) in [6.07, 6.45) is 0.903. The van der Waals surface area contributed by atoms with E-state index in [0.717, 1.165) is 17.5 Å². The first-order valence-electron chi connectivity index (χ1n) is 6.77. The van der Waals surface area contributed by atoms with Crippen LogP contribution in [-0.4, -0.2) is 11.1 Å². The van der Waals surface area contributed by atoms with Gasteiger partial charge in [0.1, 0.15) is 0 Å². The molecule has 0 amide bonds. The van der Waals surface area contributed by atoms with E-state index in [1.54, 1.807) is 0 Å². The number of rotatable bonds is 5. The lowest BCUT2D eigenvalue weighted by Crippen LogP contribution is -2.14. The van der Waals surface area contributed by atoms with Crippen molar-refractivity contribution in [3.05, 3.63) is 59.7 Å². The van der Waals surface area contributed by atoms with E-state index in [2.05, 4.69) is 19.1 Å². The molecule has 20 heavy (non-hydrogen) atoms. The SMILES string of the molecule is CCc1ccccc1-c1cccc([C@@H](N)CC(=O)O)c1. The Labute approximate surface area is 119 Å². The van der Waals surface area contributed by atoms with Gasteiger partial charge in [-0.3, -0.25) is 4.79 Å². The first kappa shape index (κ1) is 14.3. The molecule has 0 radical (unpaired) electrons. The summed E-state index contributed by atoms with van der Waals surface area (Å²) in [5.41, 5.74) is 10.3. The van der Waals surface area contributed by atoms with Crippen LogP contribution in [0.5, 0.6) is 0 Å². The highest BCUT2D eigenvalue weighted by atomic mass is 16.4. The van der Waals surface area contributed by atoms with E-state index >= 15 is 0 Å². The number of hydrogen-bond acceptors (Lipinski definition) is 2. The predicted octanol–water partition coefficient (Wildman–Crippen LogP) is 3.39. The number of hydrogen-bond donors (Lipinski definition) is 2. The molecule has 0 aliphatic rings. The number of carboxylic acid groups (broad SMARTS) is 1. The second kappa shape index (κ2) is 6.35. The van der Waals surface area contributed by atoms with Crippen LogP contribution in [-0.2, 0) is 11.2 Å². The number of aryl methyl sites for hydroxylation is 1. The van der Waals surface area contributed by atoms with Gasteiger partial charge in [0, 0.05) is 6.04 Å². The summed E-state index contributed by atoms with van der Waals surface area (Å²) < 4.78 is 0. The molecular weight excluding hydrogens is 250 g/mol. The minimum absolute atomic E-state index is 0.0567. The second-order valence-electron chi connectivity index (χ2n) is 4.84. The minimum Gasteiger partial charge on any atom is -0.481 e. The van der Waals surface area contributed by atoms with Crippen LogP contribution in [0.4, 0.5) is 0 Å². The Balaban J connectivity index is 2.36. The van der Waals surface area contributed by atoms with Crippen LogP contribution in [0.3, 0.4) is 0 Å². The molecule has 0 saturated heterocycles. The maximum absolute atomic E-state index is 10.8. The Bertz CT molecular complexity index is 607. The van der Waals surface area contributed by atoms with Crippen molar-refractivity contribution in [2.75, 3.05) is 0 Å². The largest absolute Gasteiger partial charge is 0.481 e. The molecule has 0 saturated carbocycles. The van der Waals surface area contributed by atoms with Gasteiger partial charge in [-0.15, -0.1) is 0 Å². The average molecular weight is 269 g/mol. The Morgan fingerprint density at radius 1 is 1.20 bits per heavy atom. The summed E-state index contributed by atoms with van der Waals surface area (Å²) in [7, 11) is 0. The highest BCUT2D eigenvalue weighted by Crippen LogP contribution is 2.27. The summed E-state index contributed by atoms with van der Waals surface area (Å²) in [5.74, 6) is -0.878. The quantitative estimate of drug-likeness (QED) is 0.874. The van der Waals surface area contributed by atoms with E-state index in [-0.39, 0.29) is 6.42 Å². The van der Waals surface area contributed by atoms with Gasteiger partial charge in [-0.2, -0.15) is 0 Å². The van der Waals surface area contributed by atoms with Gasteiger partial charge in [-0.1, -0.05) is 49.4 Å². The zero-order valence-corrected chi connectivity index (χ0v) is 11.5. The topological polar surface area (TPSA) is 63.3 Å². The molecule has 0 bridgehead atoms. The van der Waals surface area contributed by atoms with Crippen molar-refractivity contribution in [2.45, 2.75) is 25.8 Å². The third kappa shape index (κ3) is 3.25. The zero-order valence-electron chi connectivity index (χ0n) is 11.5. The van der Waals surface area contributed by atoms with Crippen molar-refractivity contribution in [2.24, 2.45) is 5.73 Å². The van der Waals surface area contributed by atoms with E-state index in [4.69, 9.17) is 10.8 Å². The number of benzene rings is 2. The van der Waals surface area contributed by atoms with Gasteiger partial charge in [0.25, 0.3) is 0 Å². The molecule has 0 spiro atoms. The molecule has 0 fully saturated rings. The predicted molar refractivity (Wildman–Crippen MR) is 80.4 cm³/mol. The summed E-state index contributed by atoms with van der Waals surface area (Å²) in [6, 6.07) is 15.6. The van der Waals surface area contributed by atoms with Gasteiger partial charge in [0.05, 0.1) is 6.42 Å². The van der Waals surface area contributed by atoms with Crippen molar-refractivity contribution in [3.8, 4) is 11.1 Å². The van der Waals surface area contributed by atoms with Crippen molar-refractivity contribution >= 4 is 5.97 Å². The fraction of sp³-hybridized carbons (Fsp3) is 0.235. The lowest BCUT2D eigenvalue weighted by Gasteiger charge is -2.13. The van der Waals surface area contributed by atoms with Gasteiger partial charge < -0.3 is 10.8 Å². The highest BCUT2D eigenvalue weighted by molar-refractivity contribution is 5.70. The molecule has 3 heteroatoms. The van der Waals surface area contributed by atoms with Crippen LogP contribution in [0.15, 0.2) is 48.5 Å². The number of carbonyl (C=O) groups is 1. The van der Waals surface area contributed by atoms with Crippen LogP contribution < -0.4 is 5.73 Å². The molecule has 1 atom stereocenters. The highest BCUT2D eigenvalue weighted by Gasteiger charge is 2.12. The molecule has 2 rings (SSSR count). The third-order valence-electron chi connectivity index (χ3n) is 3.42. The normalized spacial score (nSPS) is 12.1. The Morgan fingerprint density at radius 2 is 1.95 bits per heavy atom. The van der Waals surface area contributed by atoms with E-state index in [1.807, 2.05) is 36.4 Å².